The van der Waals surface area contributed by atoms with Crippen molar-refractivity contribution >= 4 is 11.7 Å². The highest BCUT2D eigenvalue weighted by Crippen LogP contribution is 2.28. The van der Waals surface area contributed by atoms with Gasteiger partial charge in [-0.15, -0.1) is 0 Å². The number of aryl methyl sites for hydroxylation is 1. The maximum Gasteiger partial charge on any atom is 0.226 e. The summed E-state index contributed by atoms with van der Waals surface area (Å²) in [5.41, 5.74) is 0.135. The Hall–Kier alpha value is -2.94. The van der Waals surface area contributed by atoms with Gasteiger partial charge < -0.3 is 9.73 Å². The smallest absolute Gasteiger partial charge is 0.226 e. The molecule has 118 valence electrons. The van der Waals surface area contributed by atoms with Crippen LogP contribution < -0.4 is 5.32 Å². The number of Topliss-reactive ketones (excluding diaryl/α,β-unsaturated/α-hetero) is 1. The van der Waals surface area contributed by atoms with Gasteiger partial charge in [-0.2, -0.15) is 5.26 Å². The summed E-state index contributed by atoms with van der Waals surface area (Å²) in [6, 6.07) is 5.27. The van der Waals surface area contributed by atoms with Crippen LogP contribution in [0.3, 0.4) is 0 Å². The van der Waals surface area contributed by atoms with E-state index in [1.807, 2.05) is 26.8 Å². The first kappa shape index (κ1) is 16.4. The van der Waals surface area contributed by atoms with Gasteiger partial charge in [-0.3, -0.25) is 4.79 Å². The second kappa shape index (κ2) is 6.44. The molecule has 0 bridgehead atoms. The lowest BCUT2D eigenvalue weighted by Gasteiger charge is -2.13. The molecule has 0 aliphatic carbocycles. The molecule has 0 atom stereocenters. The quantitative estimate of drug-likeness (QED) is 0.529. The Bertz CT molecular complexity index is 777. The van der Waals surface area contributed by atoms with E-state index in [1.54, 1.807) is 31.5 Å². The topological polar surface area (TPSA) is 91.8 Å². The summed E-state index contributed by atoms with van der Waals surface area (Å²) in [6.45, 7) is 7.70. The Morgan fingerprint density at radius 3 is 2.52 bits per heavy atom. The highest BCUT2D eigenvalue weighted by Gasteiger charge is 2.24. The van der Waals surface area contributed by atoms with E-state index in [-0.39, 0.29) is 11.0 Å². The van der Waals surface area contributed by atoms with Crippen LogP contribution >= 0.6 is 0 Å². The van der Waals surface area contributed by atoms with E-state index in [0.29, 0.717) is 23.0 Å². The summed E-state index contributed by atoms with van der Waals surface area (Å²) < 4.78 is 5.66. The normalized spacial score (nSPS) is 11.9. The van der Waals surface area contributed by atoms with Crippen LogP contribution in [0.2, 0.25) is 0 Å². The molecule has 0 saturated carbocycles. The monoisotopic (exact) mass is 310 g/mol. The van der Waals surface area contributed by atoms with Crippen molar-refractivity contribution in [3.05, 3.63) is 53.4 Å². The van der Waals surface area contributed by atoms with E-state index in [2.05, 4.69) is 15.3 Å². The Balaban J connectivity index is 2.27. The third-order valence-corrected chi connectivity index (χ3v) is 3.18. The second-order valence-corrected chi connectivity index (χ2v) is 6.05. The zero-order chi connectivity index (χ0) is 17.0. The fraction of sp³-hybridized carbons (Fsp3) is 0.294. The third kappa shape index (κ3) is 3.83. The molecule has 0 radical (unpaired) electrons. The van der Waals surface area contributed by atoms with Crippen LogP contribution in [-0.4, -0.2) is 15.8 Å². The highest BCUT2D eigenvalue weighted by molar-refractivity contribution is 6.12. The fourth-order valence-corrected chi connectivity index (χ4v) is 1.88. The number of nitrogens with zero attached hydrogens (tertiary/aromatic N) is 3. The van der Waals surface area contributed by atoms with Gasteiger partial charge in [-0.25, -0.2) is 9.97 Å². The van der Waals surface area contributed by atoms with Crippen molar-refractivity contribution in [1.29, 1.82) is 5.26 Å². The maximum absolute atomic E-state index is 12.5. The van der Waals surface area contributed by atoms with Crippen LogP contribution in [0.25, 0.3) is 0 Å². The van der Waals surface area contributed by atoms with Crippen LogP contribution in [0.4, 0.5) is 5.95 Å². The highest BCUT2D eigenvalue weighted by atomic mass is 16.3. The lowest BCUT2D eigenvalue weighted by atomic mass is 9.92. The third-order valence-electron chi connectivity index (χ3n) is 3.18. The van der Waals surface area contributed by atoms with Gasteiger partial charge in [0.2, 0.25) is 11.7 Å². The molecule has 0 fully saturated rings. The molecule has 0 aliphatic rings. The number of nitriles is 1. The van der Waals surface area contributed by atoms with Gasteiger partial charge in [0.25, 0.3) is 0 Å². The first-order chi connectivity index (χ1) is 10.8. The largest absolute Gasteiger partial charge is 0.465 e. The van der Waals surface area contributed by atoms with E-state index >= 15 is 0 Å². The number of ketones is 1. The van der Waals surface area contributed by atoms with Crippen molar-refractivity contribution in [2.24, 2.45) is 0 Å². The Kier molecular flexibility index (Phi) is 4.60. The summed E-state index contributed by atoms with van der Waals surface area (Å²) in [5, 5.41) is 12.0. The number of anilines is 1. The first-order valence-electron chi connectivity index (χ1n) is 7.12. The van der Waals surface area contributed by atoms with Crippen molar-refractivity contribution in [3.63, 3.8) is 0 Å². The minimum absolute atomic E-state index is 0.0400. The van der Waals surface area contributed by atoms with Gasteiger partial charge in [0, 0.05) is 24.0 Å². The number of nitrogens with one attached hydrogen (secondary N) is 1. The molecule has 23 heavy (non-hydrogen) atoms. The van der Waals surface area contributed by atoms with Crippen molar-refractivity contribution in [2.45, 2.75) is 33.1 Å². The molecular weight excluding hydrogens is 292 g/mol. The van der Waals surface area contributed by atoms with Gasteiger partial charge in [0.15, 0.2) is 0 Å². The molecule has 0 aliphatic heterocycles. The molecule has 0 spiro atoms. The summed E-state index contributed by atoms with van der Waals surface area (Å²) in [5.74, 6) is 1.12. The molecule has 6 nitrogen and oxygen atoms in total. The van der Waals surface area contributed by atoms with Crippen LogP contribution in [0, 0.1) is 18.3 Å². The van der Waals surface area contributed by atoms with Crippen molar-refractivity contribution in [2.75, 3.05) is 5.32 Å². The van der Waals surface area contributed by atoms with Crippen molar-refractivity contribution in [3.8, 4) is 6.07 Å². The Labute approximate surface area is 134 Å². The molecule has 2 heterocycles. The SMILES string of the molecule is Cc1oc(C(C)(C)C)cc1C(=O)/C(C#N)=C/Nc1ncccn1. The van der Waals surface area contributed by atoms with Crippen LogP contribution in [0.5, 0.6) is 0 Å². The zero-order valence-corrected chi connectivity index (χ0v) is 13.5. The molecule has 2 aromatic rings. The predicted molar refractivity (Wildman–Crippen MR) is 85.8 cm³/mol. The number of carbonyl (C=O) groups excluding carboxylic acids is 1. The van der Waals surface area contributed by atoms with Crippen molar-refractivity contribution in [1.82, 2.24) is 9.97 Å². The summed E-state index contributed by atoms with van der Waals surface area (Å²) in [7, 11) is 0. The van der Waals surface area contributed by atoms with E-state index in [4.69, 9.17) is 4.42 Å². The van der Waals surface area contributed by atoms with Crippen LogP contribution in [0.15, 0.2) is 40.7 Å². The van der Waals surface area contributed by atoms with Crippen molar-refractivity contribution < 1.29 is 9.21 Å². The van der Waals surface area contributed by atoms with Gasteiger partial charge >= 0.3 is 0 Å². The van der Waals surface area contributed by atoms with Crippen LogP contribution in [-0.2, 0) is 5.41 Å². The van der Waals surface area contributed by atoms with Crippen LogP contribution in [0.1, 0.15) is 42.6 Å². The maximum atomic E-state index is 12.5. The predicted octanol–water partition coefficient (Wildman–Crippen LogP) is 3.38. The van der Waals surface area contributed by atoms with Gasteiger partial charge in [-0.1, -0.05) is 20.8 Å². The molecule has 2 rings (SSSR count). The van der Waals surface area contributed by atoms with E-state index in [1.165, 1.54) is 6.20 Å². The first-order valence-corrected chi connectivity index (χ1v) is 7.12. The molecule has 0 unspecified atom stereocenters. The number of allylic oxidation sites excluding steroid dienone is 1. The minimum Gasteiger partial charge on any atom is -0.465 e. The van der Waals surface area contributed by atoms with E-state index in [0.717, 1.165) is 0 Å². The van der Waals surface area contributed by atoms with Gasteiger partial charge in [0.05, 0.1) is 5.56 Å². The zero-order valence-electron chi connectivity index (χ0n) is 13.5. The molecule has 2 aromatic heterocycles. The minimum atomic E-state index is -0.396. The lowest BCUT2D eigenvalue weighted by molar-refractivity contribution is 0.103. The number of hydrogen-bond donors (Lipinski definition) is 1. The average molecular weight is 310 g/mol. The molecular formula is C17H18N4O2. The molecule has 0 amide bonds. The summed E-state index contributed by atoms with van der Waals surface area (Å²) in [6.07, 6.45) is 4.43. The van der Waals surface area contributed by atoms with E-state index < -0.39 is 5.78 Å². The molecule has 6 heteroatoms. The van der Waals surface area contributed by atoms with E-state index in [9.17, 15) is 10.1 Å². The number of furan rings is 1. The van der Waals surface area contributed by atoms with Gasteiger partial charge in [-0.05, 0) is 19.1 Å². The number of aromatic nitrogens is 2. The Morgan fingerprint density at radius 1 is 1.35 bits per heavy atom. The standard InChI is InChI=1S/C17H18N4O2/c1-11-13(8-14(23-11)17(2,3)4)15(22)12(9-18)10-21-16-19-6-5-7-20-16/h5-8,10H,1-4H3,(H,19,20,21)/b12-10+. The lowest BCUT2D eigenvalue weighted by Crippen LogP contribution is -2.09. The molecule has 0 aromatic carbocycles. The fourth-order valence-electron chi connectivity index (χ4n) is 1.88. The molecule has 1 N–H and O–H groups in total. The summed E-state index contributed by atoms with van der Waals surface area (Å²) in [4.78, 5) is 20.5. The van der Waals surface area contributed by atoms with Gasteiger partial charge in [0.1, 0.15) is 23.2 Å². The summed E-state index contributed by atoms with van der Waals surface area (Å²) >= 11 is 0. The average Bonchev–Trinajstić information content (AvgIpc) is 2.91. The second-order valence-electron chi connectivity index (χ2n) is 6.05. The number of hydrogen-bond acceptors (Lipinski definition) is 6. The number of carbonyl (C=O) groups is 1. The Morgan fingerprint density at radius 2 is 2.00 bits per heavy atom. The number of rotatable bonds is 4. The molecule has 0 saturated heterocycles.